The lowest BCUT2D eigenvalue weighted by molar-refractivity contribution is -0.142. The Kier molecular flexibility index (Phi) is 7.60. The number of benzene rings is 1. The molecule has 0 fully saturated rings. The molecule has 0 aliphatic carbocycles. The van der Waals surface area contributed by atoms with Crippen LogP contribution in [0.4, 0.5) is 10.1 Å². The number of ketones is 1. The molecule has 2 N–H and O–H groups in total. The lowest BCUT2D eigenvalue weighted by atomic mass is 9.85. The summed E-state index contributed by atoms with van der Waals surface area (Å²) in [6, 6.07) is 3.51. The predicted molar refractivity (Wildman–Crippen MR) is 114 cm³/mol. The van der Waals surface area contributed by atoms with E-state index in [-0.39, 0.29) is 32.0 Å². The maximum atomic E-state index is 13.5. The first-order valence-electron chi connectivity index (χ1n) is 10.9. The molecule has 3 rings (SSSR count). The highest BCUT2D eigenvalue weighted by Gasteiger charge is 2.47. The first-order chi connectivity index (χ1) is 15.3. The maximum absolute atomic E-state index is 13.5. The standard InChI is InChI=1S/C23H29FN2O6/c1-3-13(2)19(25-18(27)12-32-10-9-24)21(28)16-8-7-14-5-4-6-15-11-17(23(30)31)26(20(14)15)22(16)29/h4-6,13,16-17,19H,3,7-12H2,1-2H3,(H,25,27)(H,30,31)/t13-,16-,17-,19-/m0/s1. The van der Waals surface area contributed by atoms with Crippen LogP contribution >= 0.6 is 0 Å². The van der Waals surface area contributed by atoms with Crippen LogP contribution in [0.5, 0.6) is 0 Å². The van der Waals surface area contributed by atoms with Crippen LogP contribution in [-0.2, 0) is 36.8 Å². The molecule has 4 atom stereocenters. The van der Waals surface area contributed by atoms with Crippen molar-refractivity contribution in [1.29, 1.82) is 0 Å². The lowest BCUT2D eigenvalue weighted by Crippen LogP contribution is -2.53. The number of aliphatic carboxylic acids is 1. The number of nitrogens with one attached hydrogen (secondary N) is 1. The van der Waals surface area contributed by atoms with Crippen molar-refractivity contribution in [3.63, 3.8) is 0 Å². The SMILES string of the molecule is CC[C@H](C)[C@H](NC(=O)COCCF)C(=O)[C@@H]1CCc2cccc3c2N(C1=O)[C@H](C(=O)O)C3. The number of carboxylic acids is 1. The molecule has 2 aliphatic heterocycles. The molecule has 0 radical (unpaired) electrons. The van der Waals surface area contributed by atoms with Gasteiger partial charge in [-0.1, -0.05) is 38.5 Å². The smallest absolute Gasteiger partial charge is 0.327 e. The van der Waals surface area contributed by atoms with E-state index >= 15 is 0 Å². The number of Topliss-reactive ketones (excluding diaryl/α,β-unsaturated/α-hetero) is 1. The number of amides is 2. The molecule has 174 valence electrons. The maximum Gasteiger partial charge on any atom is 0.327 e. The molecule has 0 saturated carbocycles. The van der Waals surface area contributed by atoms with Gasteiger partial charge in [0.15, 0.2) is 5.78 Å². The van der Waals surface area contributed by atoms with E-state index in [1.165, 1.54) is 4.90 Å². The monoisotopic (exact) mass is 448 g/mol. The number of alkyl halides is 1. The van der Waals surface area contributed by atoms with Crippen molar-refractivity contribution in [3.05, 3.63) is 29.3 Å². The summed E-state index contributed by atoms with van der Waals surface area (Å²) >= 11 is 0. The molecule has 32 heavy (non-hydrogen) atoms. The minimum Gasteiger partial charge on any atom is -0.480 e. The lowest BCUT2D eigenvalue weighted by Gasteiger charge is -2.29. The Balaban J connectivity index is 1.87. The van der Waals surface area contributed by atoms with Crippen molar-refractivity contribution < 1.29 is 33.4 Å². The number of para-hydroxylation sites is 1. The number of hydrogen-bond acceptors (Lipinski definition) is 5. The molecule has 2 heterocycles. The fourth-order valence-electron chi connectivity index (χ4n) is 4.47. The molecular formula is C23H29FN2O6. The Morgan fingerprint density at radius 2 is 2.03 bits per heavy atom. The van der Waals surface area contributed by atoms with Crippen LogP contribution in [0.1, 0.15) is 37.8 Å². The summed E-state index contributed by atoms with van der Waals surface area (Å²) in [4.78, 5) is 52.4. The van der Waals surface area contributed by atoms with Crippen LogP contribution in [0.25, 0.3) is 0 Å². The molecule has 2 aliphatic rings. The van der Waals surface area contributed by atoms with E-state index in [2.05, 4.69) is 5.32 Å². The van der Waals surface area contributed by atoms with Gasteiger partial charge in [0.1, 0.15) is 19.3 Å². The molecular weight excluding hydrogens is 419 g/mol. The van der Waals surface area contributed by atoms with E-state index in [1.54, 1.807) is 6.92 Å². The minimum absolute atomic E-state index is 0.197. The number of nitrogens with zero attached hydrogens (tertiary/aromatic N) is 1. The number of hydrogen-bond donors (Lipinski definition) is 2. The van der Waals surface area contributed by atoms with Gasteiger partial charge in [-0.3, -0.25) is 19.3 Å². The van der Waals surface area contributed by atoms with Gasteiger partial charge in [-0.15, -0.1) is 0 Å². The number of ether oxygens (including phenoxy) is 1. The van der Waals surface area contributed by atoms with Gasteiger partial charge < -0.3 is 15.2 Å². The van der Waals surface area contributed by atoms with Gasteiger partial charge in [0.05, 0.1) is 24.3 Å². The zero-order valence-electron chi connectivity index (χ0n) is 18.3. The second-order valence-corrected chi connectivity index (χ2v) is 8.36. The summed E-state index contributed by atoms with van der Waals surface area (Å²) in [5.74, 6) is -3.98. The Morgan fingerprint density at radius 1 is 1.31 bits per heavy atom. The number of carboxylic acid groups (broad SMARTS) is 1. The second kappa shape index (κ2) is 10.2. The van der Waals surface area contributed by atoms with Crippen LogP contribution in [0.2, 0.25) is 0 Å². The normalized spacial score (nSPS) is 21.5. The van der Waals surface area contributed by atoms with Gasteiger partial charge in [0.2, 0.25) is 11.8 Å². The molecule has 2 amide bonds. The fraction of sp³-hybridized carbons (Fsp3) is 0.565. The van der Waals surface area contributed by atoms with Crippen molar-refractivity contribution >= 4 is 29.3 Å². The third-order valence-corrected chi connectivity index (χ3v) is 6.33. The largest absolute Gasteiger partial charge is 0.480 e. The van der Waals surface area contributed by atoms with Crippen molar-refractivity contribution in [3.8, 4) is 0 Å². The molecule has 0 unspecified atom stereocenters. The fourth-order valence-corrected chi connectivity index (χ4v) is 4.47. The molecule has 0 bridgehead atoms. The number of halogens is 1. The summed E-state index contributed by atoms with van der Waals surface area (Å²) < 4.78 is 17.1. The first-order valence-corrected chi connectivity index (χ1v) is 10.9. The van der Waals surface area contributed by atoms with E-state index in [0.717, 1.165) is 11.1 Å². The van der Waals surface area contributed by atoms with Gasteiger partial charge in [-0.25, -0.2) is 9.18 Å². The van der Waals surface area contributed by atoms with E-state index in [0.29, 0.717) is 18.5 Å². The molecule has 8 nitrogen and oxygen atoms in total. The van der Waals surface area contributed by atoms with Crippen molar-refractivity contribution in [2.24, 2.45) is 11.8 Å². The number of aryl methyl sites for hydroxylation is 1. The van der Waals surface area contributed by atoms with Crippen molar-refractivity contribution in [2.45, 2.75) is 51.6 Å². The number of anilines is 1. The van der Waals surface area contributed by atoms with Gasteiger partial charge >= 0.3 is 5.97 Å². The van der Waals surface area contributed by atoms with E-state index in [4.69, 9.17) is 4.74 Å². The average molecular weight is 448 g/mol. The molecule has 0 aromatic heterocycles. The highest BCUT2D eigenvalue weighted by molar-refractivity contribution is 6.14. The quantitative estimate of drug-likeness (QED) is 0.416. The highest BCUT2D eigenvalue weighted by Crippen LogP contribution is 2.40. The van der Waals surface area contributed by atoms with Crippen molar-refractivity contribution in [1.82, 2.24) is 5.32 Å². The number of carbonyl (C=O) groups is 4. The summed E-state index contributed by atoms with van der Waals surface area (Å²) in [7, 11) is 0. The van der Waals surface area contributed by atoms with E-state index in [1.807, 2.05) is 25.1 Å². The Hall–Kier alpha value is -2.81. The topological polar surface area (TPSA) is 113 Å². The zero-order valence-corrected chi connectivity index (χ0v) is 18.3. The molecule has 1 aromatic carbocycles. The third-order valence-electron chi connectivity index (χ3n) is 6.33. The van der Waals surface area contributed by atoms with Gasteiger partial charge in [0.25, 0.3) is 0 Å². The summed E-state index contributed by atoms with van der Waals surface area (Å²) in [5.41, 5.74) is 2.23. The molecule has 0 saturated heterocycles. The minimum atomic E-state index is -1.12. The van der Waals surface area contributed by atoms with Crippen molar-refractivity contribution in [2.75, 3.05) is 24.8 Å². The molecule has 9 heteroatoms. The van der Waals surface area contributed by atoms with E-state index in [9.17, 15) is 28.7 Å². The van der Waals surface area contributed by atoms with Crippen LogP contribution < -0.4 is 10.2 Å². The molecule has 0 spiro atoms. The van der Waals surface area contributed by atoms with Gasteiger partial charge in [-0.2, -0.15) is 0 Å². The summed E-state index contributed by atoms with van der Waals surface area (Å²) in [6.07, 6.45) is 1.46. The molecule has 1 aromatic rings. The van der Waals surface area contributed by atoms with Gasteiger partial charge in [0, 0.05) is 6.42 Å². The van der Waals surface area contributed by atoms with Crippen LogP contribution in [0, 0.1) is 11.8 Å². The zero-order chi connectivity index (χ0) is 23.4. The first kappa shape index (κ1) is 23.8. The Labute approximate surface area is 186 Å². The highest BCUT2D eigenvalue weighted by atomic mass is 19.1. The summed E-state index contributed by atoms with van der Waals surface area (Å²) in [5, 5.41) is 12.4. The Bertz CT molecular complexity index is 904. The van der Waals surface area contributed by atoms with Crippen LogP contribution in [-0.4, -0.2) is 60.6 Å². The Morgan fingerprint density at radius 3 is 2.69 bits per heavy atom. The van der Waals surface area contributed by atoms with E-state index < -0.39 is 48.2 Å². The summed E-state index contributed by atoms with van der Waals surface area (Å²) in [6.45, 7) is 2.35. The number of rotatable bonds is 10. The number of carbonyl (C=O) groups excluding carboxylic acids is 3. The average Bonchev–Trinajstić information content (AvgIpc) is 3.10. The van der Waals surface area contributed by atoms with Crippen LogP contribution in [0.15, 0.2) is 18.2 Å². The predicted octanol–water partition coefficient (Wildman–Crippen LogP) is 1.68. The second-order valence-electron chi connectivity index (χ2n) is 8.36. The third kappa shape index (κ3) is 4.67. The van der Waals surface area contributed by atoms with Gasteiger partial charge in [-0.05, 0) is 29.9 Å². The van der Waals surface area contributed by atoms with Crippen LogP contribution in [0.3, 0.4) is 0 Å².